The number of benzene rings is 2. The molecule has 0 fully saturated rings. The molecule has 8 heteroatoms. The van der Waals surface area contributed by atoms with Crippen LogP contribution in [-0.2, 0) is 21.2 Å². The smallest absolute Gasteiger partial charge is 0.232 e. The van der Waals surface area contributed by atoms with Crippen molar-refractivity contribution in [3.05, 3.63) is 59.9 Å². The van der Waals surface area contributed by atoms with E-state index >= 15 is 0 Å². The molecule has 1 amide bonds. The normalized spacial score (nSPS) is 11.2. The van der Waals surface area contributed by atoms with E-state index in [0.29, 0.717) is 25.3 Å². The number of sulfonamides is 1. The Morgan fingerprint density at radius 2 is 1.77 bits per heavy atom. The maximum absolute atomic E-state index is 13.1. The predicted octanol–water partition coefficient (Wildman–Crippen LogP) is 3.52. The summed E-state index contributed by atoms with van der Waals surface area (Å²) in [5.74, 6) is 0.141. The summed E-state index contributed by atoms with van der Waals surface area (Å²) in [6, 6.07) is 13.1. The molecule has 6 nitrogen and oxygen atoms in total. The zero-order chi connectivity index (χ0) is 22.0. The van der Waals surface area contributed by atoms with Crippen molar-refractivity contribution in [1.82, 2.24) is 5.32 Å². The Hall–Kier alpha value is -2.61. The van der Waals surface area contributed by atoms with Gasteiger partial charge in [0.2, 0.25) is 15.9 Å². The van der Waals surface area contributed by atoms with Crippen LogP contribution in [0, 0.1) is 5.82 Å². The fourth-order valence-electron chi connectivity index (χ4n) is 2.97. The monoisotopic (exact) mass is 436 g/mol. The van der Waals surface area contributed by atoms with Crippen LogP contribution in [0.4, 0.5) is 10.1 Å². The molecule has 0 saturated heterocycles. The average molecular weight is 437 g/mol. The first-order valence-corrected chi connectivity index (χ1v) is 11.9. The molecule has 0 aliphatic rings. The van der Waals surface area contributed by atoms with Gasteiger partial charge in [-0.2, -0.15) is 0 Å². The van der Waals surface area contributed by atoms with E-state index in [2.05, 4.69) is 12.2 Å². The van der Waals surface area contributed by atoms with Crippen molar-refractivity contribution in [1.29, 1.82) is 0 Å². The van der Waals surface area contributed by atoms with Gasteiger partial charge in [-0.1, -0.05) is 25.5 Å². The van der Waals surface area contributed by atoms with Crippen molar-refractivity contribution in [2.75, 3.05) is 30.3 Å². The van der Waals surface area contributed by atoms with Crippen LogP contribution in [-0.4, -0.2) is 40.3 Å². The highest BCUT2D eigenvalue weighted by atomic mass is 32.2. The number of carbonyl (C=O) groups is 1. The number of amides is 1. The Balaban J connectivity index is 1.71. The minimum atomic E-state index is -3.53. The SMILES string of the molecule is CCCc1ccc(OCCNC(=O)CCCN(c2ccc(F)cc2)S(C)(=O)=O)cc1. The standard InChI is InChI=1S/C22H29FN2O4S/c1-3-5-18-7-13-21(14-8-18)29-17-15-24-22(26)6-4-16-25(30(2,27)28)20-11-9-19(23)10-12-20/h7-14H,3-6,15-17H2,1-2H3,(H,24,26). The summed E-state index contributed by atoms with van der Waals surface area (Å²) in [6.45, 7) is 2.99. The van der Waals surface area contributed by atoms with E-state index in [0.717, 1.165) is 24.8 Å². The fourth-order valence-corrected chi connectivity index (χ4v) is 3.93. The van der Waals surface area contributed by atoms with E-state index in [9.17, 15) is 17.6 Å². The molecule has 0 unspecified atom stereocenters. The third-order valence-corrected chi connectivity index (χ3v) is 5.63. The van der Waals surface area contributed by atoms with Crippen LogP contribution >= 0.6 is 0 Å². The Bertz CT molecular complexity index is 900. The Morgan fingerprint density at radius 3 is 2.37 bits per heavy atom. The van der Waals surface area contributed by atoms with Gasteiger partial charge in [0.25, 0.3) is 0 Å². The molecule has 164 valence electrons. The first-order valence-electron chi connectivity index (χ1n) is 10.0. The van der Waals surface area contributed by atoms with Gasteiger partial charge in [0.05, 0.1) is 18.5 Å². The quantitative estimate of drug-likeness (QED) is 0.517. The lowest BCUT2D eigenvalue weighted by molar-refractivity contribution is -0.121. The lowest BCUT2D eigenvalue weighted by Gasteiger charge is -2.22. The predicted molar refractivity (Wildman–Crippen MR) is 117 cm³/mol. The number of carbonyl (C=O) groups excluding carboxylic acids is 1. The van der Waals surface area contributed by atoms with Crippen LogP contribution in [0.1, 0.15) is 31.7 Å². The minimum absolute atomic E-state index is 0.137. The van der Waals surface area contributed by atoms with Gasteiger partial charge in [-0.3, -0.25) is 9.10 Å². The summed E-state index contributed by atoms with van der Waals surface area (Å²) in [6.07, 6.45) is 3.74. The maximum Gasteiger partial charge on any atom is 0.232 e. The van der Waals surface area contributed by atoms with Gasteiger partial charge < -0.3 is 10.1 Å². The summed E-state index contributed by atoms with van der Waals surface area (Å²) in [4.78, 5) is 12.0. The second-order valence-electron chi connectivity index (χ2n) is 7.01. The van der Waals surface area contributed by atoms with E-state index in [1.807, 2.05) is 24.3 Å². The number of rotatable bonds is 12. The number of ether oxygens (including phenoxy) is 1. The summed E-state index contributed by atoms with van der Waals surface area (Å²) in [5.41, 5.74) is 1.64. The third-order valence-electron chi connectivity index (χ3n) is 4.43. The van der Waals surface area contributed by atoms with Crippen LogP contribution in [0.15, 0.2) is 48.5 Å². The number of hydrogen-bond acceptors (Lipinski definition) is 4. The van der Waals surface area contributed by atoms with Crippen molar-refractivity contribution in [2.24, 2.45) is 0 Å². The van der Waals surface area contributed by atoms with Gasteiger partial charge >= 0.3 is 0 Å². The molecule has 0 spiro atoms. The van der Waals surface area contributed by atoms with E-state index in [1.165, 1.54) is 34.1 Å². The van der Waals surface area contributed by atoms with Crippen molar-refractivity contribution in [3.63, 3.8) is 0 Å². The second kappa shape index (κ2) is 11.5. The van der Waals surface area contributed by atoms with Crippen LogP contribution in [0.3, 0.4) is 0 Å². The number of anilines is 1. The van der Waals surface area contributed by atoms with Gasteiger partial charge in [0.1, 0.15) is 18.2 Å². The van der Waals surface area contributed by atoms with Gasteiger partial charge in [-0.25, -0.2) is 12.8 Å². The first kappa shape index (κ1) is 23.7. The van der Waals surface area contributed by atoms with Gasteiger partial charge in [0, 0.05) is 13.0 Å². The van der Waals surface area contributed by atoms with Crippen LogP contribution in [0.5, 0.6) is 5.75 Å². The number of halogens is 1. The Kier molecular flexibility index (Phi) is 9.11. The molecule has 0 saturated carbocycles. The lowest BCUT2D eigenvalue weighted by Crippen LogP contribution is -2.32. The zero-order valence-electron chi connectivity index (χ0n) is 17.4. The highest BCUT2D eigenvalue weighted by molar-refractivity contribution is 7.92. The maximum atomic E-state index is 13.1. The van der Waals surface area contributed by atoms with Crippen molar-refractivity contribution >= 4 is 21.6 Å². The lowest BCUT2D eigenvalue weighted by atomic mass is 10.1. The minimum Gasteiger partial charge on any atom is -0.492 e. The molecule has 0 radical (unpaired) electrons. The topological polar surface area (TPSA) is 75.7 Å². The van der Waals surface area contributed by atoms with Crippen LogP contribution in [0.2, 0.25) is 0 Å². The molecule has 0 aliphatic carbocycles. The number of aryl methyl sites for hydroxylation is 1. The van der Waals surface area contributed by atoms with Gasteiger partial charge in [-0.15, -0.1) is 0 Å². The molecule has 0 atom stereocenters. The molecule has 0 aliphatic heterocycles. The molecule has 2 rings (SSSR count). The van der Waals surface area contributed by atoms with Crippen molar-refractivity contribution < 1.29 is 22.3 Å². The van der Waals surface area contributed by atoms with Crippen LogP contribution < -0.4 is 14.4 Å². The molecule has 0 heterocycles. The molecule has 0 aromatic heterocycles. The molecule has 0 bridgehead atoms. The van der Waals surface area contributed by atoms with E-state index < -0.39 is 15.8 Å². The number of hydrogen-bond donors (Lipinski definition) is 1. The average Bonchev–Trinajstić information content (AvgIpc) is 2.70. The van der Waals surface area contributed by atoms with E-state index in [-0.39, 0.29) is 18.9 Å². The summed E-state index contributed by atoms with van der Waals surface area (Å²) < 4.78 is 43.9. The molecular formula is C22H29FN2O4S. The number of nitrogens with one attached hydrogen (secondary N) is 1. The molecule has 2 aromatic rings. The first-order chi connectivity index (χ1) is 14.3. The Labute approximate surface area is 178 Å². The summed E-state index contributed by atoms with van der Waals surface area (Å²) >= 11 is 0. The molecule has 1 N–H and O–H groups in total. The summed E-state index contributed by atoms with van der Waals surface area (Å²) in [5, 5.41) is 2.76. The fraction of sp³-hybridized carbons (Fsp3) is 0.409. The summed E-state index contributed by atoms with van der Waals surface area (Å²) in [7, 11) is -3.53. The highest BCUT2D eigenvalue weighted by Crippen LogP contribution is 2.18. The van der Waals surface area contributed by atoms with Gasteiger partial charge in [0.15, 0.2) is 0 Å². The van der Waals surface area contributed by atoms with Crippen molar-refractivity contribution in [2.45, 2.75) is 32.6 Å². The zero-order valence-corrected chi connectivity index (χ0v) is 18.3. The van der Waals surface area contributed by atoms with Gasteiger partial charge in [-0.05, 0) is 54.8 Å². The van der Waals surface area contributed by atoms with E-state index in [1.54, 1.807) is 0 Å². The molecule has 2 aromatic carbocycles. The van der Waals surface area contributed by atoms with E-state index in [4.69, 9.17) is 4.74 Å². The van der Waals surface area contributed by atoms with Crippen molar-refractivity contribution in [3.8, 4) is 5.75 Å². The Morgan fingerprint density at radius 1 is 1.10 bits per heavy atom. The molecular weight excluding hydrogens is 407 g/mol. The third kappa shape index (κ3) is 8.02. The molecule has 30 heavy (non-hydrogen) atoms. The number of nitrogens with zero attached hydrogens (tertiary/aromatic N) is 1. The van der Waals surface area contributed by atoms with Crippen LogP contribution in [0.25, 0.3) is 0 Å². The largest absolute Gasteiger partial charge is 0.492 e. The highest BCUT2D eigenvalue weighted by Gasteiger charge is 2.17. The second-order valence-corrected chi connectivity index (χ2v) is 8.91.